The largest absolute Gasteiger partial charge is 0.463 e. The van der Waals surface area contributed by atoms with Crippen LogP contribution in [0.1, 0.15) is 89.2 Å². The highest BCUT2D eigenvalue weighted by Gasteiger charge is 2.32. The summed E-state index contributed by atoms with van der Waals surface area (Å²) >= 11 is 0. The molecule has 12 heteroatoms. The van der Waals surface area contributed by atoms with Crippen LogP contribution in [0.4, 0.5) is 5.69 Å². The van der Waals surface area contributed by atoms with Crippen molar-refractivity contribution in [3.05, 3.63) is 94.5 Å². The Labute approximate surface area is 284 Å². The molecule has 3 heterocycles. The molecule has 0 spiro atoms. The monoisotopic (exact) mass is 673 g/mol. The van der Waals surface area contributed by atoms with Crippen LogP contribution in [0.5, 0.6) is 0 Å². The Bertz CT molecular complexity index is 1700. The van der Waals surface area contributed by atoms with E-state index in [4.69, 9.17) is 14.3 Å². The number of nitrogens with zero attached hydrogens (tertiary/aromatic N) is 4. The van der Waals surface area contributed by atoms with Gasteiger partial charge in [0.15, 0.2) is 15.9 Å². The molecule has 4 aromatic rings. The maximum atomic E-state index is 14.5. The topological polar surface area (TPSA) is 133 Å². The molecule has 11 nitrogen and oxygen atoms in total. The highest BCUT2D eigenvalue weighted by atomic mass is 28.2. The van der Waals surface area contributed by atoms with Gasteiger partial charge in [-0.1, -0.05) is 51.0 Å². The number of fused-ring (bicyclic) bond motifs is 1. The first-order valence-corrected chi connectivity index (χ1v) is 18.2. The number of rotatable bonds is 15. The summed E-state index contributed by atoms with van der Waals surface area (Å²) < 4.78 is 12.2. The van der Waals surface area contributed by atoms with Crippen molar-refractivity contribution >= 4 is 32.6 Å². The Morgan fingerprint density at radius 2 is 1.81 bits per heavy atom. The van der Waals surface area contributed by atoms with E-state index in [1.54, 1.807) is 21.7 Å². The van der Waals surface area contributed by atoms with Crippen molar-refractivity contribution in [3.8, 4) is 5.69 Å². The molecule has 48 heavy (non-hydrogen) atoms. The molecule has 1 amide bonds. The standard InChI is InChI=1S/C36H47N5O6Si/c1-5-7-17-39(18-8-6-2)35(44)30-19-24(3)41(37-30)31-14-13-27(38-48-33-16-15-32(47-33)36(45)46-4)21-29(31)34(43)40-22-26-12-10-9-11-25(26)20-28(40)23-42/h9-16,19,21,28,35,38,42,44H,5-8,17-18,20,22-23,48H2,1-4H3. The second kappa shape index (κ2) is 16.2. The van der Waals surface area contributed by atoms with Crippen molar-refractivity contribution in [2.24, 2.45) is 0 Å². The predicted molar refractivity (Wildman–Crippen MR) is 187 cm³/mol. The lowest BCUT2D eigenvalue weighted by Gasteiger charge is -2.36. The summed E-state index contributed by atoms with van der Waals surface area (Å²) in [6.45, 7) is 7.95. The third-order valence-electron chi connectivity index (χ3n) is 8.91. The van der Waals surface area contributed by atoms with Gasteiger partial charge in [-0.2, -0.15) is 5.10 Å². The number of carbonyl (C=O) groups is 2. The van der Waals surface area contributed by atoms with Crippen LogP contribution in [0.3, 0.4) is 0 Å². The molecular weight excluding hydrogens is 627 g/mol. The number of ether oxygens (including phenoxy) is 1. The van der Waals surface area contributed by atoms with Gasteiger partial charge in [0.25, 0.3) is 5.91 Å². The van der Waals surface area contributed by atoms with Gasteiger partial charge >= 0.3 is 5.97 Å². The molecule has 2 aromatic heterocycles. The van der Waals surface area contributed by atoms with Gasteiger partial charge in [-0.25, -0.2) is 9.48 Å². The van der Waals surface area contributed by atoms with E-state index in [0.29, 0.717) is 35.3 Å². The molecule has 1 aliphatic heterocycles. The lowest BCUT2D eigenvalue weighted by atomic mass is 9.93. The number of aliphatic hydroxyl groups is 2. The predicted octanol–water partition coefficient (Wildman–Crippen LogP) is 3.83. The van der Waals surface area contributed by atoms with Gasteiger partial charge in [-0.3, -0.25) is 9.69 Å². The number of aryl methyl sites for hydroxylation is 1. The summed E-state index contributed by atoms with van der Waals surface area (Å²) in [4.78, 5) is 33.6. The minimum atomic E-state index is -1.21. The molecule has 0 radical (unpaired) electrons. The van der Waals surface area contributed by atoms with Crippen LogP contribution in [0.25, 0.3) is 5.69 Å². The first kappa shape index (κ1) is 35.1. The molecule has 0 saturated heterocycles. The van der Waals surface area contributed by atoms with Crippen molar-refractivity contribution < 1.29 is 29.0 Å². The van der Waals surface area contributed by atoms with Crippen LogP contribution in [0, 0.1) is 6.92 Å². The smallest absolute Gasteiger partial charge is 0.373 e. The van der Waals surface area contributed by atoms with E-state index in [0.717, 1.165) is 61.3 Å². The summed E-state index contributed by atoms with van der Waals surface area (Å²) in [6, 6.07) is 18.4. The Hall–Kier alpha value is -4.23. The van der Waals surface area contributed by atoms with E-state index < -0.39 is 21.9 Å². The summed E-state index contributed by atoms with van der Waals surface area (Å²) in [7, 11) is 0.0983. The molecule has 0 bridgehead atoms. The second-order valence-corrected chi connectivity index (χ2v) is 13.7. The number of amides is 1. The quantitative estimate of drug-likeness (QED) is 0.0979. The number of anilines is 1. The van der Waals surface area contributed by atoms with Crippen LogP contribution in [0.2, 0.25) is 0 Å². The maximum absolute atomic E-state index is 14.5. The maximum Gasteiger partial charge on any atom is 0.373 e. The molecule has 2 unspecified atom stereocenters. The number of methoxy groups -OCH3 is 1. The second-order valence-electron chi connectivity index (χ2n) is 12.3. The van der Waals surface area contributed by atoms with E-state index >= 15 is 0 Å². The number of esters is 1. The minimum absolute atomic E-state index is 0.142. The molecule has 0 saturated carbocycles. The summed E-state index contributed by atoms with van der Waals surface area (Å²) in [5.74, 6) is -0.616. The van der Waals surface area contributed by atoms with Crippen LogP contribution < -0.4 is 10.4 Å². The number of unbranched alkanes of at least 4 members (excludes halogenated alkanes) is 2. The van der Waals surface area contributed by atoms with Crippen molar-refractivity contribution in [2.75, 3.05) is 31.8 Å². The number of aromatic nitrogens is 2. The molecule has 5 rings (SSSR count). The lowest BCUT2D eigenvalue weighted by Crippen LogP contribution is -2.46. The number of furan rings is 1. The van der Waals surface area contributed by atoms with Crippen LogP contribution in [-0.4, -0.2) is 84.2 Å². The van der Waals surface area contributed by atoms with Gasteiger partial charge < -0.3 is 29.2 Å². The van der Waals surface area contributed by atoms with Gasteiger partial charge in [-0.15, -0.1) is 0 Å². The Kier molecular flexibility index (Phi) is 11.9. The summed E-state index contributed by atoms with van der Waals surface area (Å²) in [5, 5.41) is 27.4. The van der Waals surface area contributed by atoms with E-state index in [1.165, 1.54) is 7.11 Å². The summed E-state index contributed by atoms with van der Waals surface area (Å²) in [6.07, 6.45) is 3.70. The zero-order valence-corrected chi connectivity index (χ0v) is 29.7. The van der Waals surface area contributed by atoms with Gasteiger partial charge in [0, 0.05) is 31.0 Å². The molecule has 256 valence electrons. The van der Waals surface area contributed by atoms with Gasteiger partial charge in [0.1, 0.15) is 11.1 Å². The third kappa shape index (κ3) is 7.89. The van der Waals surface area contributed by atoms with Gasteiger partial charge in [-0.05, 0) is 73.7 Å². The fourth-order valence-electron chi connectivity index (χ4n) is 6.15. The minimum Gasteiger partial charge on any atom is -0.463 e. The zero-order chi connectivity index (χ0) is 34.2. The number of hydrogen-bond donors (Lipinski definition) is 3. The fourth-order valence-corrected chi connectivity index (χ4v) is 7.21. The average molecular weight is 674 g/mol. The van der Waals surface area contributed by atoms with Gasteiger partial charge in [0.05, 0.1) is 31.0 Å². The highest BCUT2D eigenvalue weighted by Crippen LogP contribution is 2.29. The lowest BCUT2D eigenvalue weighted by molar-refractivity contribution is -0.00351. The number of hydrogen-bond acceptors (Lipinski definition) is 9. The van der Waals surface area contributed by atoms with Crippen molar-refractivity contribution in [3.63, 3.8) is 0 Å². The van der Waals surface area contributed by atoms with E-state index in [1.807, 2.05) is 55.5 Å². The van der Waals surface area contributed by atoms with E-state index in [9.17, 15) is 19.8 Å². The van der Waals surface area contributed by atoms with Crippen molar-refractivity contribution in [2.45, 2.75) is 71.7 Å². The van der Waals surface area contributed by atoms with Gasteiger partial charge in [0.2, 0.25) is 5.76 Å². The third-order valence-corrected chi connectivity index (χ3v) is 10.2. The van der Waals surface area contributed by atoms with E-state index in [2.05, 4.69) is 23.7 Å². The van der Waals surface area contributed by atoms with Crippen molar-refractivity contribution in [1.29, 1.82) is 0 Å². The molecule has 0 fully saturated rings. The first-order valence-electron chi connectivity index (χ1n) is 16.8. The molecule has 0 aliphatic carbocycles. The molecular formula is C36H47N5O6Si. The SMILES string of the molecule is CCCCN(CCCC)C(O)c1cc(C)n(-c2ccc(N[SiH2]c3ccc(C(=O)OC)o3)cc2C(=O)N2Cc3ccccc3CC2CO)n1. The molecule has 2 aromatic carbocycles. The number of benzene rings is 2. The molecule has 1 aliphatic rings. The van der Waals surface area contributed by atoms with E-state index in [-0.39, 0.29) is 24.3 Å². The van der Waals surface area contributed by atoms with Crippen molar-refractivity contribution in [1.82, 2.24) is 19.6 Å². The molecule has 2 atom stereocenters. The normalized spacial score (nSPS) is 15.2. The Morgan fingerprint density at radius 3 is 2.50 bits per heavy atom. The fraction of sp³-hybridized carbons (Fsp3) is 0.417. The number of carbonyl (C=O) groups excluding carboxylic acids is 2. The number of nitrogens with one attached hydrogen (secondary N) is 1. The Balaban J connectivity index is 1.50. The first-order chi connectivity index (χ1) is 23.3. The Morgan fingerprint density at radius 1 is 1.08 bits per heavy atom. The molecule has 3 N–H and O–H groups in total. The number of aliphatic hydroxyl groups excluding tert-OH is 2. The highest BCUT2D eigenvalue weighted by molar-refractivity contribution is 6.55. The van der Waals surface area contributed by atoms with Crippen LogP contribution >= 0.6 is 0 Å². The van der Waals surface area contributed by atoms with Crippen LogP contribution in [-0.2, 0) is 17.7 Å². The zero-order valence-electron chi connectivity index (χ0n) is 28.3. The average Bonchev–Trinajstić information content (AvgIpc) is 3.76. The van der Waals surface area contributed by atoms with Crippen LogP contribution in [0.15, 0.2) is 65.1 Å². The summed E-state index contributed by atoms with van der Waals surface area (Å²) in [5.41, 5.74) is 5.22.